The highest BCUT2D eigenvalue weighted by Gasteiger charge is 2.27. The minimum Gasteiger partial charge on any atom is -0.463 e. The lowest BCUT2D eigenvalue weighted by atomic mass is 9.94. The third-order valence-corrected chi connectivity index (χ3v) is 8.46. The van der Waals surface area contributed by atoms with Crippen molar-refractivity contribution in [3.8, 4) is 0 Å². The molecule has 8 heteroatoms. The highest BCUT2D eigenvalue weighted by atomic mass is 16.5. The van der Waals surface area contributed by atoms with Crippen molar-refractivity contribution in [1.29, 1.82) is 0 Å². The molecule has 0 radical (unpaired) electrons. The molecule has 4 rings (SSSR count). The number of ether oxygens (including phenoxy) is 1. The van der Waals surface area contributed by atoms with Gasteiger partial charge in [0, 0.05) is 23.5 Å². The van der Waals surface area contributed by atoms with Crippen molar-refractivity contribution in [2.75, 3.05) is 13.2 Å². The van der Waals surface area contributed by atoms with Gasteiger partial charge in [-0.2, -0.15) is 0 Å². The maximum atomic E-state index is 13.7. The normalized spacial score (nSPS) is 13.5. The van der Waals surface area contributed by atoms with E-state index in [-0.39, 0.29) is 49.8 Å². The SMILES string of the molecule is C=CCC[C@H](Cc1ccccc1)C(=O)OC[C@H](Cc1c[nH]c2ccccc12)NC(=O)[C@@H](CC=C)CC(=O)N[C@H](CO)Cc1ccccc1. The van der Waals surface area contributed by atoms with E-state index in [2.05, 4.69) is 28.8 Å². The number of rotatable bonds is 20. The van der Waals surface area contributed by atoms with Crippen LogP contribution in [0, 0.1) is 11.8 Å². The molecule has 4 N–H and O–H groups in total. The van der Waals surface area contributed by atoms with E-state index >= 15 is 0 Å². The molecule has 1 heterocycles. The van der Waals surface area contributed by atoms with Gasteiger partial charge in [0.05, 0.1) is 30.5 Å². The summed E-state index contributed by atoms with van der Waals surface area (Å²) in [5.41, 5.74) is 3.98. The molecule has 48 heavy (non-hydrogen) atoms. The highest BCUT2D eigenvalue weighted by molar-refractivity contribution is 5.87. The average Bonchev–Trinajstić information content (AvgIpc) is 3.51. The molecule has 4 aromatic rings. The molecule has 0 saturated heterocycles. The van der Waals surface area contributed by atoms with Crippen LogP contribution in [0.25, 0.3) is 10.9 Å². The van der Waals surface area contributed by atoms with Crippen LogP contribution in [0.4, 0.5) is 0 Å². The number of esters is 1. The lowest BCUT2D eigenvalue weighted by Crippen LogP contribution is -2.45. The third-order valence-electron chi connectivity index (χ3n) is 8.46. The van der Waals surface area contributed by atoms with Gasteiger partial charge in [0.15, 0.2) is 0 Å². The van der Waals surface area contributed by atoms with E-state index in [4.69, 9.17) is 4.74 Å². The number of allylic oxidation sites excluding steroid dienone is 2. The average molecular weight is 650 g/mol. The van der Waals surface area contributed by atoms with E-state index in [0.29, 0.717) is 32.1 Å². The number of fused-ring (bicyclic) bond motifs is 1. The van der Waals surface area contributed by atoms with Gasteiger partial charge in [0.25, 0.3) is 0 Å². The number of aliphatic hydroxyl groups is 1. The number of benzene rings is 3. The summed E-state index contributed by atoms with van der Waals surface area (Å²) in [6, 6.07) is 26.3. The monoisotopic (exact) mass is 649 g/mol. The Labute approximate surface area is 283 Å². The number of aliphatic hydroxyl groups excluding tert-OH is 1. The van der Waals surface area contributed by atoms with Crippen LogP contribution >= 0.6 is 0 Å². The van der Waals surface area contributed by atoms with Gasteiger partial charge in [0.2, 0.25) is 11.8 Å². The Morgan fingerprint density at radius 1 is 0.792 bits per heavy atom. The number of para-hydroxylation sites is 1. The van der Waals surface area contributed by atoms with Gasteiger partial charge in [-0.1, -0.05) is 91.0 Å². The summed E-state index contributed by atoms with van der Waals surface area (Å²) >= 11 is 0. The lowest BCUT2D eigenvalue weighted by molar-refractivity contribution is -0.150. The predicted molar refractivity (Wildman–Crippen MR) is 190 cm³/mol. The molecule has 0 aliphatic heterocycles. The summed E-state index contributed by atoms with van der Waals surface area (Å²) in [7, 11) is 0. The van der Waals surface area contributed by atoms with Crippen LogP contribution in [0.1, 0.15) is 42.4 Å². The molecular formula is C40H47N3O5. The molecule has 0 aliphatic carbocycles. The second-order valence-corrected chi connectivity index (χ2v) is 12.2. The number of aromatic nitrogens is 1. The van der Waals surface area contributed by atoms with Crippen LogP contribution in [0.2, 0.25) is 0 Å². The first-order valence-corrected chi connectivity index (χ1v) is 16.6. The fourth-order valence-electron chi connectivity index (χ4n) is 5.91. The topological polar surface area (TPSA) is 121 Å². The Morgan fingerprint density at radius 2 is 1.46 bits per heavy atom. The zero-order valence-corrected chi connectivity index (χ0v) is 27.5. The Hall–Kier alpha value is -4.95. The summed E-state index contributed by atoms with van der Waals surface area (Å²) in [6.45, 7) is 7.36. The maximum absolute atomic E-state index is 13.7. The van der Waals surface area contributed by atoms with Gasteiger partial charge < -0.3 is 25.5 Å². The zero-order chi connectivity index (χ0) is 34.1. The summed E-state index contributed by atoms with van der Waals surface area (Å²) in [5.74, 6) is -2.05. The van der Waals surface area contributed by atoms with E-state index in [1.54, 1.807) is 12.2 Å². The van der Waals surface area contributed by atoms with E-state index < -0.39 is 18.0 Å². The van der Waals surface area contributed by atoms with Crippen molar-refractivity contribution in [3.63, 3.8) is 0 Å². The van der Waals surface area contributed by atoms with Crippen LogP contribution < -0.4 is 10.6 Å². The molecule has 0 fully saturated rings. The Bertz CT molecular complexity index is 1620. The second-order valence-electron chi connectivity index (χ2n) is 12.2. The van der Waals surface area contributed by atoms with Crippen molar-refractivity contribution in [2.45, 2.75) is 57.0 Å². The molecule has 0 saturated carbocycles. The van der Waals surface area contributed by atoms with Crippen molar-refractivity contribution >= 4 is 28.7 Å². The van der Waals surface area contributed by atoms with Crippen molar-refractivity contribution in [1.82, 2.24) is 15.6 Å². The quantitative estimate of drug-likeness (QED) is 0.0706. The number of nitrogens with one attached hydrogen (secondary N) is 3. The highest BCUT2D eigenvalue weighted by Crippen LogP contribution is 2.21. The largest absolute Gasteiger partial charge is 0.463 e. The Morgan fingerprint density at radius 3 is 2.12 bits per heavy atom. The number of H-pyrrole nitrogens is 1. The van der Waals surface area contributed by atoms with Gasteiger partial charge in [0.1, 0.15) is 6.61 Å². The summed E-state index contributed by atoms with van der Waals surface area (Å²) < 4.78 is 5.92. The van der Waals surface area contributed by atoms with E-state index in [1.807, 2.05) is 91.1 Å². The van der Waals surface area contributed by atoms with Crippen molar-refractivity contribution in [3.05, 3.63) is 133 Å². The molecule has 4 atom stereocenters. The molecule has 3 aromatic carbocycles. The molecule has 252 valence electrons. The predicted octanol–water partition coefficient (Wildman–Crippen LogP) is 5.87. The zero-order valence-electron chi connectivity index (χ0n) is 27.5. The molecule has 1 aromatic heterocycles. The minimum absolute atomic E-state index is 0.0277. The molecular weight excluding hydrogens is 602 g/mol. The van der Waals surface area contributed by atoms with E-state index in [9.17, 15) is 19.5 Å². The number of aromatic amines is 1. The second kappa shape index (κ2) is 19.0. The van der Waals surface area contributed by atoms with E-state index in [0.717, 1.165) is 27.6 Å². The van der Waals surface area contributed by atoms with E-state index in [1.165, 1.54) is 0 Å². The van der Waals surface area contributed by atoms with Crippen LogP contribution in [0.5, 0.6) is 0 Å². The summed E-state index contributed by atoms with van der Waals surface area (Å²) in [6.07, 6.45) is 8.23. The number of hydrogen-bond acceptors (Lipinski definition) is 5. The maximum Gasteiger partial charge on any atom is 0.309 e. The fourth-order valence-corrected chi connectivity index (χ4v) is 5.91. The summed E-state index contributed by atoms with van der Waals surface area (Å²) in [4.78, 5) is 43.5. The van der Waals surface area contributed by atoms with Crippen LogP contribution in [-0.4, -0.2) is 53.2 Å². The molecule has 0 bridgehead atoms. The van der Waals surface area contributed by atoms with Gasteiger partial charge in [-0.25, -0.2) is 0 Å². The van der Waals surface area contributed by atoms with Crippen LogP contribution in [0.3, 0.4) is 0 Å². The van der Waals surface area contributed by atoms with Crippen LogP contribution in [-0.2, 0) is 38.4 Å². The van der Waals surface area contributed by atoms with Crippen LogP contribution in [0.15, 0.2) is 116 Å². The van der Waals surface area contributed by atoms with Gasteiger partial charge in [-0.3, -0.25) is 14.4 Å². The Kier molecular flexibility index (Phi) is 14.2. The molecule has 8 nitrogen and oxygen atoms in total. The molecule has 0 unspecified atom stereocenters. The van der Waals surface area contributed by atoms with Gasteiger partial charge >= 0.3 is 5.97 Å². The molecule has 0 spiro atoms. The number of hydrogen-bond donors (Lipinski definition) is 4. The number of carbonyl (C=O) groups is 3. The summed E-state index contributed by atoms with van der Waals surface area (Å²) in [5, 5.41) is 16.9. The van der Waals surface area contributed by atoms with Gasteiger partial charge in [-0.05, 0) is 61.3 Å². The minimum atomic E-state index is -0.696. The molecule has 2 amide bonds. The first kappa shape index (κ1) is 35.9. The third kappa shape index (κ3) is 11.1. The molecule has 0 aliphatic rings. The standard InChI is InChI=1S/C40H47N3O5/c1-3-5-19-32(22-29-15-8-6-9-16-29)40(47)48-28-35(24-33-26-41-37-21-13-12-20-36(33)37)43-39(46)31(14-4-2)25-38(45)42-34(27-44)23-30-17-10-7-11-18-30/h3-4,6-13,15-18,20-21,26,31-32,34-35,41,44H,1-2,5,14,19,22-25,27-28H2,(H,42,45)(H,43,46)/t31-,32+,34-,35-/m0/s1. The lowest BCUT2D eigenvalue weighted by Gasteiger charge is -2.24. The number of carbonyl (C=O) groups excluding carboxylic acids is 3. The Balaban J connectivity index is 1.45. The van der Waals surface area contributed by atoms with Crippen molar-refractivity contribution < 1.29 is 24.2 Å². The first-order chi connectivity index (χ1) is 23.4. The first-order valence-electron chi connectivity index (χ1n) is 16.6. The smallest absolute Gasteiger partial charge is 0.309 e. The fraction of sp³-hybridized carbons (Fsp3) is 0.325. The number of amides is 2. The van der Waals surface area contributed by atoms with Gasteiger partial charge in [-0.15, -0.1) is 13.2 Å². The van der Waals surface area contributed by atoms with Crippen molar-refractivity contribution in [2.24, 2.45) is 11.8 Å².